The molecule has 1 aromatic carbocycles. The van der Waals surface area contributed by atoms with E-state index in [-0.39, 0.29) is 18.0 Å². The first-order valence-corrected chi connectivity index (χ1v) is 5.76. The minimum Gasteiger partial charge on any atom is -0.504 e. The summed E-state index contributed by atoms with van der Waals surface area (Å²) >= 11 is 0. The van der Waals surface area contributed by atoms with E-state index >= 15 is 0 Å². The van der Waals surface area contributed by atoms with Crippen molar-refractivity contribution >= 4 is 0 Å². The highest BCUT2D eigenvalue weighted by Gasteiger charge is 2.35. The van der Waals surface area contributed by atoms with Crippen molar-refractivity contribution in [1.29, 1.82) is 5.26 Å². The van der Waals surface area contributed by atoms with Gasteiger partial charge in [-0.1, -0.05) is 0 Å². The molecular formula is C13H13NO3. The quantitative estimate of drug-likeness (QED) is 0.740. The van der Waals surface area contributed by atoms with Gasteiger partial charge in [-0.2, -0.15) is 5.26 Å². The van der Waals surface area contributed by atoms with E-state index in [1.165, 1.54) is 0 Å². The lowest BCUT2D eigenvalue weighted by Gasteiger charge is -2.10. The Morgan fingerprint density at radius 2 is 1.71 bits per heavy atom. The predicted octanol–water partition coefficient (Wildman–Crippen LogP) is 1.91. The van der Waals surface area contributed by atoms with Gasteiger partial charge in [0.15, 0.2) is 11.5 Å². The van der Waals surface area contributed by atoms with Gasteiger partial charge in [-0.05, 0) is 13.8 Å². The van der Waals surface area contributed by atoms with E-state index in [4.69, 9.17) is 9.47 Å². The Balaban J connectivity index is 2.28. The van der Waals surface area contributed by atoms with Crippen molar-refractivity contribution in [3.05, 3.63) is 16.7 Å². The summed E-state index contributed by atoms with van der Waals surface area (Å²) in [6.07, 6.45) is 1.28. The molecule has 88 valence electrons. The largest absolute Gasteiger partial charge is 0.504 e. The highest BCUT2D eigenvalue weighted by atomic mass is 16.5. The Kier molecular flexibility index (Phi) is 1.99. The van der Waals surface area contributed by atoms with Gasteiger partial charge in [0.1, 0.15) is 29.6 Å². The van der Waals surface area contributed by atoms with E-state index in [0.29, 0.717) is 35.5 Å². The first-order chi connectivity index (χ1) is 8.11. The normalized spacial score (nSPS) is 24.5. The third kappa shape index (κ3) is 1.29. The number of nitriles is 1. The highest BCUT2D eigenvalue weighted by Crippen LogP contribution is 2.50. The van der Waals surface area contributed by atoms with Crippen LogP contribution in [-0.4, -0.2) is 17.3 Å². The standard InChI is InChI=1S/C13H13NO3/c1-6-3-8-10(5-14)12-9(4-7(2)16-12)11(15)13(8)17-6/h6-7,15H,3-4H2,1-2H3. The van der Waals surface area contributed by atoms with Crippen molar-refractivity contribution in [1.82, 2.24) is 0 Å². The first kappa shape index (κ1) is 10.3. The second-order valence-corrected chi connectivity index (χ2v) is 4.72. The predicted molar refractivity (Wildman–Crippen MR) is 60.4 cm³/mol. The van der Waals surface area contributed by atoms with Gasteiger partial charge in [0, 0.05) is 24.0 Å². The average Bonchev–Trinajstić information content (AvgIpc) is 2.83. The zero-order valence-corrected chi connectivity index (χ0v) is 9.78. The van der Waals surface area contributed by atoms with Gasteiger partial charge >= 0.3 is 0 Å². The molecule has 2 unspecified atom stereocenters. The Labute approximate surface area is 99.4 Å². The van der Waals surface area contributed by atoms with Crippen molar-refractivity contribution < 1.29 is 14.6 Å². The van der Waals surface area contributed by atoms with Crippen LogP contribution in [0.4, 0.5) is 0 Å². The molecule has 4 heteroatoms. The number of phenols is 1. The molecule has 0 amide bonds. The third-order valence-corrected chi connectivity index (χ3v) is 3.31. The summed E-state index contributed by atoms with van der Waals surface area (Å²) in [4.78, 5) is 0. The molecule has 0 aliphatic carbocycles. The lowest BCUT2D eigenvalue weighted by Crippen LogP contribution is -2.07. The molecule has 0 fully saturated rings. The maximum atomic E-state index is 10.2. The molecule has 17 heavy (non-hydrogen) atoms. The Bertz CT molecular complexity index is 506. The topological polar surface area (TPSA) is 62.5 Å². The summed E-state index contributed by atoms with van der Waals surface area (Å²) in [7, 11) is 0. The Morgan fingerprint density at radius 1 is 1.12 bits per heavy atom. The van der Waals surface area contributed by atoms with Gasteiger partial charge in [0.05, 0.1) is 0 Å². The average molecular weight is 231 g/mol. The number of benzene rings is 1. The number of fused-ring (bicyclic) bond motifs is 2. The fourth-order valence-corrected chi connectivity index (χ4v) is 2.61. The Hall–Kier alpha value is -1.89. The van der Waals surface area contributed by atoms with Gasteiger partial charge in [0.25, 0.3) is 0 Å². The molecule has 4 nitrogen and oxygen atoms in total. The second kappa shape index (κ2) is 3.30. The fourth-order valence-electron chi connectivity index (χ4n) is 2.61. The summed E-state index contributed by atoms with van der Waals surface area (Å²) in [6.45, 7) is 3.85. The van der Waals surface area contributed by atoms with Gasteiger partial charge < -0.3 is 14.6 Å². The maximum absolute atomic E-state index is 10.2. The van der Waals surface area contributed by atoms with Crippen LogP contribution in [0, 0.1) is 11.3 Å². The van der Waals surface area contributed by atoms with E-state index in [1.54, 1.807) is 0 Å². The second-order valence-electron chi connectivity index (χ2n) is 4.72. The van der Waals surface area contributed by atoms with Crippen LogP contribution < -0.4 is 9.47 Å². The van der Waals surface area contributed by atoms with Crippen LogP contribution >= 0.6 is 0 Å². The molecule has 1 aromatic rings. The molecule has 2 aliphatic heterocycles. The van der Waals surface area contributed by atoms with E-state index in [2.05, 4.69) is 6.07 Å². The number of nitrogens with zero attached hydrogens (tertiary/aromatic N) is 1. The van der Waals surface area contributed by atoms with Gasteiger partial charge in [-0.3, -0.25) is 0 Å². The smallest absolute Gasteiger partial charge is 0.166 e. The number of hydrogen-bond donors (Lipinski definition) is 1. The van der Waals surface area contributed by atoms with Crippen molar-refractivity contribution in [3.63, 3.8) is 0 Å². The van der Waals surface area contributed by atoms with Crippen molar-refractivity contribution in [2.24, 2.45) is 0 Å². The number of rotatable bonds is 0. The lowest BCUT2D eigenvalue weighted by atomic mass is 9.98. The molecule has 0 aromatic heterocycles. The summed E-state index contributed by atoms with van der Waals surface area (Å²) in [6, 6.07) is 2.18. The van der Waals surface area contributed by atoms with Gasteiger partial charge in [0.2, 0.25) is 0 Å². The summed E-state index contributed by atoms with van der Waals surface area (Å²) in [5, 5.41) is 19.4. The molecule has 0 bridgehead atoms. The van der Waals surface area contributed by atoms with E-state index in [9.17, 15) is 10.4 Å². The lowest BCUT2D eigenvalue weighted by molar-refractivity contribution is 0.244. The SMILES string of the molecule is CC1Cc2c(C#N)c3c(c(O)c2O1)CC(C)O3. The van der Waals surface area contributed by atoms with E-state index < -0.39 is 0 Å². The van der Waals surface area contributed by atoms with Crippen molar-refractivity contribution in [2.45, 2.75) is 38.9 Å². The van der Waals surface area contributed by atoms with Crippen LogP contribution in [0.15, 0.2) is 0 Å². The van der Waals surface area contributed by atoms with Crippen LogP contribution in [0.5, 0.6) is 17.2 Å². The molecule has 2 heterocycles. The molecular weight excluding hydrogens is 218 g/mol. The Morgan fingerprint density at radius 3 is 2.35 bits per heavy atom. The van der Waals surface area contributed by atoms with E-state index in [1.807, 2.05) is 13.8 Å². The molecule has 1 N–H and O–H groups in total. The monoisotopic (exact) mass is 231 g/mol. The summed E-state index contributed by atoms with van der Waals surface area (Å²) in [5.74, 6) is 1.18. The van der Waals surface area contributed by atoms with Crippen LogP contribution in [-0.2, 0) is 12.8 Å². The number of aromatic hydroxyl groups is 1. The van der Waals surface area contributed by atoms with Crippen LogP contribution in [0.1, 0.15) is 30.5 Å². The van der Waals surface area contributed by atoms with Crippen LogP contribution in [0.3, 0.4) is 0 Å². The third-order valence-electron chi connectivity index (χ3n) is 3.31. The van der Waals surface area contributed by atoms with Crippen molar-refractivity contribution in [2.75, 3.05) is 0 Å². The zero-order valence-electron chi connectivity index (χ0n) is 9.78. The van der Waals surface area contributed by atoms with Crippen LogP contribution in [0.25, 0.3) is 0 Å². The number of hydrogen-bond acceptors (Lipinski definition) is 4. The molecule has 2 aliphatic rings. The first-order valence-electron chi connectivity index (χ1n) is 5.76. The fraction of sp³-hybridized carbons (Fsp3) is 0.462. The molecule has 2 atom stereocenters. The molecule has 0 radical (unpaired) electrons. The van der Waals surface area contributed by atoms with Crippen LogP contribution in [0.2, 0.25) is 0 Å². The molecule has 0 saturated carbocycles. The summed E-state index contributed by atoms with van der Waals surface area (Å²) < 4.78 is 11.2. The molecule has 0 saturated heterocycles. The van der Waals surface area contributed by atoms with Gasteiger partial charge in [-0.15, -0.1) is 0 Å². The highest BCUT2D eigenvalue weighted by molar-refractivity contribution is 5.68. The maximum Gasteiger partial charge on any atom is 0.166 e. The molecule has 0 spiro atoms. The zero-order chi connectivity index (χ0) is 12.2. The number of ether oxygens (including phenoxy) is 2. The minimum atomic E-state index is 0.00273. The van der Waals surface area contributed by atoms with E-state index in [0.717, 1.165) is 5.56 Å². The number of phenolic OH excluding ortho intramolecular Hbond substituents is 1. The molecule has 3 rings (SSSR count). The summed E-state index contributed by atoms with van der Waals surface area (Å²) in [5.41, 5.74) is 2.02. The minimum absolute atomic E-state index is 0.00273. The van der Waals surface area contributed by atoms with Crippen molar-refractivity contribution in [3.8, 4) is 23.3 Å². The van der Waals surface area contributed by atoms with Gasteiger partial charge in [-0.25, -0.2) is 0 Å².